The minimum Gasteiger partial charge on any atom is -0.869 e. The molecule has 0 aliphatic carbocycles. The number of aryl methyl sites for hydroxylation is 4. The number of aromatic carboxylic acids is 2. The van der Waals surface area contributed by atoms with Crippen LogP contribution < -0.4 is 10.2 Å². The molecular weight excluding hydrogens is 767 g/mol. The summed E-state index contributed by atoms with van der Waals surface area (Å²) in [4.78, 5) is 31.3. The largest absolute Gasteiger partial charge is 2.00 e. The maximum atomic E-state index is 11.0. The molecular formula is C46H58N2NiO8. The Bertz CT molecular complexity index is 1830. The Labute approximate surface area is 348 Å². The number of carbonyl (C=O) groups is 2. The van der Waals surface area contributed by atoms with Gasteiger partial charge in [0.2, 0.25) is 0 Å². The molecule has 0 aliphatic rings. The number of aliphatic imine (C=N–C) groups is 2. The second-order valence-corrected chi connectivity index (χ2v) is 13.7. The molecule has 10 nitrogen and oxygen atoms in total. The molecule has 0 atom stereocenters. The molecule has 11 heteroatoms. The van der Waals surface area contributed by atoms with Crippen LogP contribution in [0.3, 0.4) is 0 Å². The number of hydrogen-bond acceptors (Lipinski definition) is 8. The quantitative estimate of drug-likeness (QED) is 0.0598. The Morgan fingerprint density at radius 3 is 1.30 bits per heavy atom. The summed E-state index contributed by atoms with van der Waals surface area (Å²) in [5, 5.41) is 56.9. The Morgan fingerprint density at radius 1 is 0.561 bits per heavy atom. The monoisotopic (exact) mass is 824 g/mol. The average Bonchev–Trinajstić information content (AvgIpc) is 3.17. The number of phenols is 2. The maximum Gasteiger partial charge on any atom is 2.00 e. The van der Waals surface area contributed by atoms with Crippen molar-refractivity contribution >= 4 is 34.7 Å². The first-order valence-corrected chi connectivity index (χ1v) is 19.6. The molecule has 57 heavy (non-hydrogen) atoms. The van der Waals surface area contributed by atoms with Crippen molar-refractivity contribution in [2.24, 2.45) is 9.98 Å². The van der Waals surface area contributed by atoms with E-state index in [4.69, 9.17) is 30.4 Å². The first kappa shape index (κ1) is 49.9. The van der Waals surface area contributed by atoms with E-state index < -0.39 is 34.9 Å². The SMILES string of the molecule is CCCCC(=Nc1ccccc1)C(CCCC)=Nc1cc(CCCC)cc(CCCC)c1.Cc1ccc(O)c([O-])c1C(=O)O.Cc1ccc(O)c([O-])c1C(=O)O.[Ni+2]. The van der Waals surface area contributed by atoms with Crippen molar-refractivity contribution in [1.82, 2.24) is 0 Å². The summed E-state index contributed by atoms with van der Waals surface area (Å²) in [6.07, 6.45) is 13.8. The van der Waals surface area contributed by atoms with E-state index in [1.54, 1.807) is 0 Å². The first-order chi connectivity index (χ1) is 26.8. The van der Waals surface area contributed by atoms with Gasteiger partial charge < -0.3 is 30.6 Å². The number of para-hydroxylation sites is 1. The van der Waals surface area contributed by atoms with Crippen molar-refractivity contribution in [3.8, 4) is 23.0 Å². The molecule has 310 valence electrons. The third-order valence-corrected chi connectivity index (χ3v) is 8.95. The Morgan fingerprint density at radius 2 is 0.947 bits per heavy atom. The van der Waals surface area contributed by atoms with Crippen molar-refractivity contribution in [1.29, 1.82) is 0 Å². The van der Waals surface area contributed by atoms with Gasteiger partial charge in [-0.3, -0.25) is 9.98 Å². The maximum absolute atomic E-state index is 11.0. The topological polar surface area (TPSA) is 186 Å². The first-order valence-electron chi connectivity index (χ1n) is 19.6. The summed E-state index contributed by atoms with van der Waals surface area (Å²) in [5.41, 5.74) is 7.34. The van der Waals surface area contributed by atoms with Crippen LogP contribution in [0.15, 0.2) is 82.8 Å². The van der Waals surface area contributed by atoms with E-state index in [-0.39, 0.29) is 27.6 Å². The van der Waals surface area contributed by atoms with Gasteiger partial charge in [-0.15, -0.1) is 0 Å². The van der Waals surface area contributed by atoms with Gasteiger partial charge in [-0.2, -0.15) is 0 Å². The Kier molecular flexibility index (Phi) is 23.3. The van der Waals surface area contributed by atoms with E-state index in [0.717, 1.165) is 49.9 Å². The van der Waals surface area contributed by atoms with Crippen molar-refractivity contribution in [3.05, 3.63) is 106 Å². The molecule has 0 aromatic heterocycles. The third kappa shape index (κ3) is 16.9. The van der Waals surface area contributed by atoms with Gasteiger partial charge in [0.05, 0.1) is 33.9 Å². The van der Waals surface area contributed by atoms with Gasteiger partial charge in [0.25, 0.3) is 0 Å². The van der Waals surface area contributed by atoms with Crippen LogP contribution in [0.5, 0.6) is 23.0 Å². The second kappa shape index (κ2) is 26.7. The fraction of sp³-hybridized carbons (Fsp3) is 0.391. The molecule has 0 radical (unpaired) electrons. The van der Waals surface area contributed by atoms with Crippen molar-refractivity contribution in [3.63, 3.8) is 0 Å². The molecule has 0 saturated carbocycles. The summed E-state index contributed by atoms with van der Waals surface area (Å²) in [6, 6.07) is 22.6. The van der Waals surface area contributed by atoms with E-state index >= 15 is 0 Å². The fourth-order valence-electron chi connectivity index (χ4n) is 5.76. The molecule has 0 saturated heterocycles. The van der Waals surface area contributed by atoms with Crippen LogP contribution in [0, 0.1) is 13.8 Å². The molecule has 0 unspecified atom stereocenters. The van der Waals surface area contributed by atoms with Crippen LogP contribution in [0.2, 0.25) is 0 Å². The van der Waals surface area contributed by atoms with Gasteiger partial charge in [-0.25, -0.2) is 9.59 Å². The van der Waals surface area contributed by atoms with Crippen molar-refractivity contribution in [2.75, 3.05) is 0 Å². The average molecular weight is 826 g/mol. The van der Waals surface area contributed by atoms with Crippen LogP contribution in [0.25, 0.3) is 0 Å². The van der Waals surface area contributed by atoms with Gasteiger partial charge in [-0.1, -0.05) is 101 Å². The van der Waals surface area contributed by atoms with E-state index in [1.165, 1.54) is 99.2 Å². The zero-order chi connectivity index (χ0) is 41.6. The molecule has 4 rings (SSSR count). The number of rotatable bonds is 17. The fourth-order valence-corrected chi connectivity index (χ4v) is 5.76. The van der Waals surface area contributed by atoms with Gasteiger partial charge in [0, 0.05) is 0 Å². The minimum absolute atomic E-state index is 0. The predicted molar refractivity (Wildman–Crippen MR) is 222 cm³/mol. The van der Waals surface area contributed by atoms with Gasteiger partial charge >= 0.3 is 28.4 Å². The van der Waals surface area contributed by atoms with Gasteiger partial charge in [0.15, 0.2) is 0 Å². The van der Waals surface area contributed by atoms with Crippen molar-refractivity contribution < 1.29 is 56.7 Å². The summed E-state index contributed by atoms with van der Waals surface area (Å²) in [7, 11) is 0. The number of carboxylic acids is 2. The Balaban J connectivity index is 0.000000528. The number of phenolic OH excluding ortho intramolecular Hbond substituents is 2. The zero-order valence-corrected chi connectivity index (χ0v) is 35.0. The molecule has 0 amide bonds. The van der Waals surface area contributed by atoms with Crippen LogP contribution in [-0.2, 0) is 29.3 Å². The summed E-state index contributed by atoms with van der Waals surface area (Å²) >= 11 is 0. The normalized spacial score (nSPS) is 11.1. The number of unbranched alkanes of at least 4 members (excludes halogenated alkanes) is 4. The van der Waals surface area contributed by atoms with Crippen LogP contribution in [-0.4, -0.2) is 43.8 Å². The van der Waals surface area contributed by atoms with E-state index in [0.29, 0.717) is 11.1 Å². The van der Waals surface area contributed by atoms with E-state index in [9.17, 15) is 19.8 Å². The van der Waals surface area contributed by atoms with Crippen LogP contribution in [0.1, 0.15) is 135 Å². The van der Waals surface area contributed by atoms with Gasteiger partial charge in [-0.05, 0) is 124 Å². The molecule has 0 aliphatic heterocycles. The summed E-state index contributed by atoms with van der Waals surface area (Å²) < 4.78 is 0. The molecule has 0 spiro atoms. The molecule has 4 aromatic rings. The number of aromatic hydroxyl groups is 2. The smallest absolute Gasteiger partial charge is 0.869 e. The molecule has 4 aromatic carbocycles. The standard InChI is InChI=1S/C30H44N2.2C8H8O4.Ni/c1-5-9-16-25-22-26(17-10-6-2)24-28(23-25)32-30(21-12-8-4)29(20-11-7-3)31-27-18-14-13-15-19-27;2*1-4-2-3-5(9)7(10)6(4)8(11)12;/h13-15,18-19,22-24H,5-12,16-17,20-21H2,1-4H3;2*2-3,9-10H,1H3,(H,11,12);/q;;;+2/p-2. The number of hydrogen-bond donors (Lipinski definition) is 4. The number of carboxylic acid groups (broad SMARTS) is 2. The molecule has 4 N–H and O–H groups in total. The third-order valence-electron chi connectivity index (χ3n) is 8.95. The zero-order valence-electron chi connectivity index (χ0n) is 34.0. The number of nitrogens with zero attached hydrogens (tertiary/aromatic N) is 2. The van der Waals surface area contributed by atoms with Gasteiger partial charge in [0.1, 0.15) is 11.5 Å². The van der Waals surface area contributed by atoms with E-state index in [2.05, 4.69) is 76.2 Å². The summed E-state index contributed by atoms with van der Waals surface area (Å²) in [5.74, 6) is -5.34. The summed E-state index contributed by atoms with van der Waals surface area (Å²) in [6.45, 7) is 12.0. The predicted octanol–water partition coefficient (Wildman–Crippen LogP) is 10.5. The number of benzene rings is 4. The van der Waals surface area contributed by atoms with Crippen LogP contribution in [0.4, 0.5) is 11.4 Å². The molecule has 0 heterocycles. The second-order valence-electron chi connectivity index (χ2n) is 13.7. The molecule has 0 bridgehead atoms. The van der Waals surface area contributed by atoms with Crippen molar-refractivity contribution in [2.45, 2.75) is 119 Å². The molecule has 0 fully saturated rings. The Hall–Kier alpha value is -5.15. The van der Waals surface area contributed by atoms with E-state index in [1.807, 2.05) is 0 Å². The minimum atomic E-state index is -1.31. The van der Waals surface area contributed by atoms with Crippen LogP contribution >= 0.6 is 0 Å².